The minimum absolute atomic E-state index is 0.244. The summed E-state index contributed by atoms with van der Waals surface area (Å²) in [5.74, 6) is -0.443. The molecule has 0 bridgehead atoms. The normalized spacial score (nSPS) is 11.0. The lowest BCUT2D eigenvalue weighted by molar-refractivity contribution is -0.118. The summed E-state index contributed by atoms with van der Waals surface area (Å²) >= 11 is 0. The molecule has 1 N–H and O–H groups in total. The van der Waals surface area contributed by atoms with Crippen LogP contribution in [0.4, 0.5) is 10.1 Å². The Kier molecular flexibility index (Phi) is 5.90. The van der Waals surface area contributed by atoms with Crippen molar-refractivity contribution in [3.05, 3.63) is 76.7 Å². The number of anilines is 1. The molecule has 4 rings (SSSR count). The zero-order valence-electron chi connectivity index (χ0n) is 18.6. The van der Waals surface area contributed by atoms with Crippen molar-refractivity contribution >= 4 is 22.6 Å². The average molecular weight is 432 g/mol. The van der Waals surface area contributed by atoms with Crippen molar-refractivity contribution in [2.24, 2.45) is 0 Å². The second kappa shape index (κ2) is 8.78. The molecule has 0 saturated carbocycles. The minimum Gasteiger partial charge on any atom is -0.467 e. The van der Waals surface area contributed by atoms with Gasteiger partial charge in [0.15, 0.2) is 12.3 Å². The molecule has 2 aromatic carbocycles. The first-order chi connectivity index (χ1) is 15.4. The predicted molar refractivity (Wildman–Crippen MR) is 123 cm³/mol. The van der Waals surface area contributed by atoms with E-state index in [2.05, 4.69) is 34.5 Å². The molecule has 0 aliphatic carbocycles. The minimum atomic E-state index is -0.396. The molecular formula is C25H25FN4O2. The van der Waals surface area contributed by atoms with Crippen LogP contribution in [0.25, 0.3) is 16.7 Å². The number of fused-ring (bicyclic) bond motifs is 1. The number of aromatic nitrogens is 3. The molecule has 0 atom stereocenters. The first kappa shape index (κ1) is 21.5. The number of carbonyl (C=O) groups is 1. The van der Waals surface area contributed by atoms with E-state index in [0.717, 1.165) is 28.8 Å². The van der Waals surface area contributed by atoms with Crippen LogP contribution in [-0.4, -0.2) is 27.3 Å². The Balaban J connectivity index is 1.56. The van der Waals surface area contributed by atoms with E-state index in [1.807, 2.05) is 26.0 Å². The number of carbonyl (C=O) groups excluding carboxylic acids is 1. The van der Waals surface area contributed by atoms with Crippen LogP contribution < -0.4 is 10.1 Å². The Hall–Kier alpha value is -3.74. The summed E-state index contributed by atoms with van der Waals surface area (Å²) in [7, 11) is 0. The van der Waals surface area contributed by atoms with Crippen LogP contribution in [0.1, 0.15) is 29.3 Å². The van der Waals surface area contributed by atoms with Gasteiger partial charge in [-0.25, -0.2) is 9.07 Å². The topological polar surface area (TPSA) is 69.0 Å². The van der Waals surface area contributed by atoms with Gasteiger partial charge in [0.25, 0.3) is 5.91 Å². The molecule has 0 saturated heterocycles. The van der Waals surface area contributed by atoms with E-state index in [1.165, 1.54) is 11.6 Å². The maximum absolute atomic E-state index is 13.7. The molecule has 6 nitrogen and oxygen atoms in total. The van der Waals surface area contributed by atoms with Crippen molar-refractivity contribution in [3.63, 3.8) is 0 Å². The molecule has 0 unspecified atom stereocenters. The lowest BCUT2D eigenvalue weighted by atomic mass is 10.1. The fourth-order valence-electron chi connectivity index (χ4n) is 3.61. The van der Waals surface area contributed by atoms with Crippen molar-refractivity contribution in [3.8, 4) is 11.6 Å². The standard InChI is InChI=1S/C25H25FN4O2/c1-5-18-7-10-20(11-8-18)30-25-24(17(4)29-30)16(3)12-23(28-25)32-14-22(31)27-19-9-6-15(2)21(26)13-19/h6-13H,5,14H2,1-4H3,(H,27,31). The van der Waals surface area contributed by atoms with Crippen LogP contribution in [0, 0.1) is 26.6 Å². The maximum atomic E-state index is 13.7. The van der Waals surface area contributed by atoms with Gasteiger partial charge in [-0.1, -0.05) is 25.1 Å². The van der Waals surface area contributed by atoms with E-state index in [-0.39, 0.29) is 12.4 Å². The summed E-state index contributed by atoms with van der Waals surface area (Å²) in [6.45, 7) is 7.45. The van der Waals surface area contributed by atoms with Crippen LogP contribution >= 0.6 is 0 Å². The van der Waals surface area contributed by atoms with Gasteiger partial charge in [-0.2, -0.15) is 10.1 Å². The third kappa shape index (κ3) is 4.32. The molecule has 0 fully saturated rings. The summed E-state index contributed by atoms with van der Waals surface area (Å²) in [6.07, 6.45) is 0.964. The first-order valence-electron chi connectivity index (χ1n) is 10.5. The lowest BCUT2D eigenvalue weighted by Gasteiger charge is -2.10. The molecule has 2 aromatic heterocycles. The fourth-order valence-corrected chi connectivity index (χ4v) is 3.61. The smallest absolute Gasteiger partial charge is 0.262 e. The molecular weight excluding hydrogens is 407 g/mol. The number of amides is 1. The molecule has 7 heteroatoms. The predicted octanol–water partition coefficient (Wildman–Crippen LogP) is 5.06. The average Bonchev–Trinajstić information content (AvgIpc) is 3.12. The van der Waals surface area contributed by atoms with E-state index in [9.17, 15) is 9.18 Å². The quantitative estimate of drug-likeness (QED) is 0.462. The van der Waals surface area contributed by atoms with Crippen LogP contribution in [0.2, 0.25) is 0 Å². The Bertz CT molecular complexity index is 1300. The number of hydrogen-bond acceptors (Lipinski definition) is 4. The molecule has 0 radical (unpaired) electrons. The number of hydrogen-bond donors (Lipinski definition) is 1. The Morgan fingerprint density at radius 3 is 2.50 bits per heavy atom. The van der Waals surface area contributed by atoms with E-state index in [1.54, 1.807) is 29.8 Å². The van der Waals surface area contributed by atoms with Gasteiger partial charge >= 0.3 is 0 Å². The summed E-state index contributed by atoms with van der Waals surface area (Å²) in [5, 5.41) is 8.26. The van der Waals surface area contributed by atoms with Crippen molar-refractivity contribution in [2.45, 2.75) is 34.1 Å². The van der Waals surface area contributed by atoms with Crippen LogP contribution in [0.5, 0.6) is 5.88 Å². The number of benzene rings is 2. The molecule has 0 aliphatic heterocycles. The van der Waals surface area contributed by atoms with Gasteiger partial charge in [-0.3, -0.25) is 4.79 Å². The largest absolute Gasteiger partial charge is 0.467 e. The molecule has 4 aromatic rings. The zero-order valence-corrected chi connectivity index (χ0v) is 18.6. The Morgan fingerprint density at radius 2 is 1.81 bits per heavy atom. The van der Waals surface area contributed by atoms with Gasteiger partial charge < -0.3 is 10.1 Å². The Morgan fingerprint density at radius 1 is 1.06 bits per heavy atom. The third-order valence-corrected chi connectivity index (χ3v) is 5.38. The second-order valence-corrected chi connectivity index (χ2v) is 7.79. The molecule has 164 valence electrons. The van der Waals surface area contributed by atoms with Crippen molar-refractivity contribution in [1.82, 2.24) is 14.8 Å². The molecule has 0 spiro atoms. The number of pyridine rings is 1. The van der Waals surface area contributed by atoms with E-state index in [4.69, 9.17) is 4.74 Å². The van der Waals surface area contributed by atoms with Crippen LogP contribution in [-0.2, 0) is 11.2 Å². The maximum Gasteiger partial charge on any atom is 0.262 e. The number of aryl methyl sites for hydroxylation is 4. The summed E-state index contributed by atoms with van der Waals surface area (Å²) in [6, 6.07) is 14.5. The lowest BCUT2D eigenvalue weighted by Crippen LogP contribution is -2.20. The van der Waals surface area contributed by atoms with Crippen molar-refractivity contribution < 1.29 is 13.9 Å². The fraction of sp³-hybridized carbons (Fsp3) is 0.240. The van der Waals surface area contributed by atoms with Gasteiger partial charge in [0, 0.05) is 17.1 Å². The van der Waals surface area contributed by atoms with E-state index < -0.39 is 5.91 Å². The third-order valence-electron chi connectivity index (χ3n) is 5.38. The van der Waals surface area contributed by atoms with E-state index in [0.29, 0.717) is 22.8 Å². The summed E-state index contributed by atoms with van der Waals surface area (Å²) in [4.78, 5) is 16.9. The highest BCUT2D eigenvalue weighted by Crippen LogP contribution is 2.27. The van der Waals surface area contributed by atoms with Crippen molar-refractivity contribution in [2.75, 3.05) is 11.9 Å². The number of nitrogens with one attached hydrogen (secondary N) is 1. The molecule has 0 aliphatic rings. The van der Waals surface area contributed by atoms with Gasteiger partial charge in [0.2, 0.25) is 5.88 Å². The summed E-state index contributed by atoms with van der Waals surface area (Å²) in [5.41, 5.74) is 5.55. The van der Waals surface area contributed by atoms with Gasteiger partial charge in [-0.05, 0) is 68.1 Å². The zero-order chi connectivity index (χ0) is 22.8. The van der Waals surface area contributed by atoms with Crippen molar-refractivity contribution in [1.29, 1.82) is 0 Å². The number of halogens is 1. The monoisotopic (exact) mass is 432 g/mol. The number of rotatable bonds is 6. The number of ether oxygens (including phenoxy) is 1. The highest BCUT2D eigenvalue weighted by molar-refractivity contribution is 5.92. The van der Waals surface area contributed by atoms with Crippen LogP contribution in [0.3, 0.4) is 0 Å². The molecule has 2 heterocycles. The highest BCUT2D eigenvalue weighted by atomic mass is 19.1. The van der Waals surface area contributed by atoms with Crippen LogP contribution in [0.15, 0.2) is 48.5 Å². The number of nitrogens with zero attached hydrogens (tertiary/aromatic N) is 3. The molecule has 32 heavy (non-hydrogen) atoms. The van der Waals surface area contributed by atoms with Gasteiger partial charge in [0.05, 0.1) is 11.4 Å². The van der Waals surface area contributed by atoms with E-state index >= 15 is 0 Å². The van der Waals surface area contributed by atoms with Gasteiger partial charge in [0.1, 0.15) is 5.82 Å². The molecule has 1 amide bonds. The van der Waals surface area contributed by atoms with Gasteiger partial charge in [-0.15, -0.1) is 0 Å². The Labute approximate surface area is 186 Å². The summed E-state index contributed by atoms with van der Waals surface area (Å²) < 4.78 is 21.1. The second-order valence-electron chi connectivity index (χ2n) is 7.79. The highest BCUT2D eigenvalue weighted by Gasteiger charge is 2.15. The SMILES string of the molecule is CCc1ccc(-n2nc(C)c3c(C)cc(OCC(=O)Nc4ccc(C)c(F)c4)nc32)cc1. The first-order valence-corrected chi connectivity index (χ1v) is 10.5.